The Labute approximate surface area is 134 Å². The molecular formula is C17H23F2N3O. The topological polar surface area (TPSA) is 41.3 Å². The summed E-state index contributed by atoms with van der Waals surface area (Å²) in [5.74, 6) is 0.586. The van der Waals surface area contributed by atoms with E-state index in [1.54, 1.807) is 24.3 Å². The molecule has 0 saturated heterocycles. The Balaban J connectivity index is 1.87. The molecule has 1 aliphatic rings. The molecule has 1 saturated carbocycles. The Kier molecular flexibility index (Phi) is 4.64. The molecule has 0 aliphatic heterocycles. The Morgan fingerprint density at radius 3 is 2.74 bits per heavy atom. The maximum atomic E-state index is 13.5. The van der Waals surface area contributed by atoms with Crippen LogP contribution in [0, 0.1) is 5.92 Å². The maximum absolute atomic E-state index is 13.5. The third-order valence-corrected chi connectivity index (χ3v) is 4.99. The number of nitrogens with zero attached hydrogens (tertiary/aromatic N) is 3. The molecule has 2 aromatic rings. The van der Waals surface area contributed by atoms with Crippen LogP contribution >= 0.6 is 0 Å². The van der Waals surface area contributed by atoms with E-state index < -0.39 is 6.55 Å². The highest BCUT2D eigenvalue weighted by atomic mass is 19.3. The molecular weight excluding hydrogens is 300 g/mol. The van der Waals surface area contributed by atoms with E-state index in [4.69, 9.17) is 0 Å². The average Bonchev–Trinajstić information content (AvgIpc) is 3.10. The van der Waals surface area contributed by atoms with Crippen LogP contribution in [0.15, 0.2) is 24.3 Å². The Morgan fingerprint density at radius 1 is 1.35 bits per heavy atom. The molecule has 0 bridgehead atoms. The van der Waals surface area contributed by atoms with Gasteiger partial charge in [0.05, 0.1) is 23.2 Å². The van der Waals surface area contributed by atoms with E-state index in [1.807, 2.05) is 18.9 Å². The van der Waals surface area contributed by atoms with Crippen LogP contribution in [0.2, 0.25) is 0 Å². The van der Waals surface area contributed by atoms with Crippen LogP contribution in [-0.4, -0.2) is 39.3 Å². The van der Waals surface area contributed by atoms with E-state index in [1.165, 1.54) is 0 Å². The Morgan fingerprint density at radius 2 is 2.09 bits per heavy atom. The second-order valence-electron chi connectivity index (χ2n) is 6.48. The number of aliphatic hydroxyl groups is 1. The number of fused-ring (bicyclic) bond motifs is 1. The quantitative estimate of drug-likeness (QED) is 0.914. The number of imidazole rings is 1. The summed E-state index contributed by atoms with van der Waals surface area (Å²) in [7, 11) is 1.91. The average molecular weight is 323 g/mol. The van der Waals surface area contributed by atoms with Crippen LogP contribution in [0.25, 0.3) is 11.0 Å². The van der Waals surface area contributed by atoms with Gasteiger partial charge in [0, 0.05) is 6.54 Å². The number of aromatic nitrogens is 2. The molecule has 1 aliphatic carbocycles. The lowest BCUT2D eigenvalue weighted by Crippen LogP contribution is -2.33. The lowest BCUT2D eigenvalue weighted by Gasteiger charge is -2.28. The van der Waals surface area contributed by atoms with E-state index in [0.29, 0.717) is 23.4 Å². The van der Waals surface area contributed by atoms with Gasteiger partial charge in [-0.1, -0.05) is 18.6 Å². The predicted molar refractivity (Wildman–Crippen MR) is 85.4 cm³/mol. The second kappa shape index (κ2) is 6.53. The molecule has 1 N–H and O–H groups in total. The third kappa shape index (κ3) is 3.10. The molecule has 3 rings (SSSR count). The fraction of sp³-hybridized carbons (Fsp3) is 0.588. The fourth-order valence-corrected chi connectivity index (χ4v) is 3.52. The molecule has 126 valence electrons. The standard InChI is InChI=1S/C17H23F2N3O/c1-11(21(2)10-12-6-5-9-15(12)23)16-20-13-7-3-4-8-14(13)22(16)17(18)19/h3-4,7-8,11-12,15,17,23H,5-6,9-10H2,1-2H3. The molecule has 1 fully saturated rings. The van der Waals surface area contributed by atoms with Gasteiger partial charge in [-0.25, -0.2) is 4.98 Å². The van der Waals surface area contributed by atoms with Crippen LogP contribution in [-0.2, 0) is 0 Å². The smallest absolute Gasteiger partial charge is 0.320 e. The monoisotopic (exact) mass is 323 g/mol. The SMILES string of the molecule is CC(c1nc2ccccc2n1C(F)F)N(C)CC1CCCC1O. The van der Waals surface area contributed by atoms with Gasteiger partial charge >= 0.3 is 6.55 Å². The predicted octanol–water partition coefficient (Wildman–Crippen LogP) is 3.59. The van der Waals surface area contributed by atoms with Gasteiger partial charge in [0.15, 0.2) is 0 Å². The van der Waals surface area contributed by atoms with Crippen LogP contribution in [0.5, 0.6) is 0 Å². The zero-order valence-electron chi connectivity index (χ0n) is 13.5. The Bertz CT molecular complexity index is 673. The van der Waals surface area contributed by atoms with Crippen molar-refractivity contribution in [2.45, 2.75) is 44.9 Å². The molecule has 1 aromatic heterocycles. The van der Waals surface area contributed by atoms with Crippen molar-refractivity contribution in [3.05, 3.63) is 30.1 Å². The van der Waals surface area contributed by atoms with Crippen molar-refractivity contribution in [3.63, 3.8) is 0 Å². The van der Waals surface area contributed by atoms with Crippen LogP contribution in [0.1, 0.15) is 44.6 Å². The van der Waals surface area contributed by atoms with Crippen LogP contribution in [0.4, 0.5) is 8.78 Å². The molecule has 1 aromatic carbocycles. The number of hydrogen-bond donors (Lipinski definition) is 1. The minimum atomic E-state index is -2.62. The highest BCUT2D eigenvalue weighted by Crippen LogP contribution is 2.31. The zero-order chi connectivity index (χ0) is 16.6. The molecule has 0 radical (unpaired) electrons. The molecule has 0 spiro atoms. The molecule has 3 atom stereocenters. The van der Waals surface area contributed by atoms with Crippen molar-refractivity contribution in [1.82, 2.24) is 14.5 Å². The summed E-state index contributed by atoms with van der Waals surface area (Å²) in [5.41, 5.74) is 1.04. The van der Waals surface area contributed by atoms with Crippen LogP contribution in [0.3, 0.4) is 0 Å². The molecule has 6 heteroatoms. The maximum Gasteiger partial charge on any atom is 0.320 e. The zero-order valence-corrected chi connectivity index (χ0v) is 13.5. The summed E-state index contributed by atoms with van der Waals surface area (Å²) in [6.45, 7) is -0.0405. The minimum absolute atomic E-state index is 0.215. The summed E-state index contributed by atoms with van der Waals surface area (Å²) in [6.07, 6.45) is 2.58. The third-order valence-electron chi connectivity index (χ3n) is 4.99. The number of benzene rings is 1. The van der Waals surface area contributed by atoms with Gasteiger partial charge in [-0.2, -0.15) is 8.78 Å². The van der Waals surface area contributed by atoms with Gasteiger partial charge in [-0.05, 0) is 44.9 Å². The van der Waals surface area contributed by atoms with Crippen molar-refractivity contribution in [2.24, 2.45) is 5.92 Å². The summed E-state index contributed by atoms with van der Waals surface area (Å²) in [5, 5.41) is 9.98. The summed E-state index contributed by atoms with van der Waals surface area (Å²) in [4.78, 5) is 6.44. The van der Waals surface area contributed by atoms with Crippen molar-refractivity contribution in [3.8, 4) is 0 Å². The highest BCUT2D eigenvalue weighted by Gasteiger charge is 2.30. The Hall–Kier alpha value is -1.53. The van der Waals surface area contributed by atoms with E-state index in [9.17, 15) is 13.9 Å². The highest BCUT2D eigenvalue weighted by molar-refractivity contribution is 5.76. The molecule has 0 amide bonds. The first-order chi connectivity index (χ1) is 11.0. The number of aliphatic hydroxyl groups excluding tert-OH is 1. The van der Waals surface area contributed by atoms with Crippen LogP contribution < -0.4 is 0 Å². The number of hydrogen-bond acceptors (Lipinski definition) is 3. The molecule has 3 unspecified atom stereocenters. The van der Waals surface area contributed by atoms with E-state index in [0.717, 1.165) is 23.8 Å². The van der Waals surface area contributed by atoms with Gasteiger partial charge in [0.1, 0.15) is 5.82 Å². The second-order valence-corrected chi connectivity index (χ2v) is 6.48. The van der Waals surface area contributed by atoms with Gasteiger partial charge in [-0.15, -0.1) is 0 Å². The minimum Gasteiger partial charge on any atom is -0.393 e. The largest absolute Gasteiger partial charge is 0.393 e. The first-order valence-electron chi connectivity index (χ1n) is 8.12. The number of alkyl halides is 2. The van der Waals surface area contributed by atoms with E-state index in [2.05, 4.69) is 4.98 Å². The molecule has 23 heavy (non-hydrogen) atoms. The van der Waals surface area contributed by atoms with Crippen molar-refractivity contribution in [2.75, 3.05) is 13.6 Å². The fourth-order valence-electron chi connectivity index (χ4n) is 3.52. The van der Waals surface area contributed by atoms with Crippen molar-refractivity contribution < 1.29 is 13.9 Å². The first-order valence-corrected chi connectivity index (χ1v) is 8.12. The number of para-hydroxylation sites is 2. The van der Waals surface area contributed by atoms with Gasteiger partial charge in [-0.3, -0.25) is 9.47 Å². The summed E-state index contributed by atoms with van der Waals surface area (Å²) < 4.78 is 28.1. The van der Waals surface area contributed by atoms with Crippen molar-refractivity contribution >= 4 is 11.0 Å². The van der Waals surface area contributed by atoms with Crippen molar-refractivity contribution in [1.29, 1.82) is 0 Å². The first kappa shape index (κ1) is 16.3. The number of rotatable bonds is 5. The lowest BCUT2D eigenvalue weighted by atomic mass is 10.0. The van der Waals surface area contributed by atoms with E-state index >= 15 is 0 Å². The summed E-state index contributed by atoms with van der Waals surface area (Å²) >= 11 is 0. The van der Waals surface area contributed by atoms with Gasteiger partial charge < -0.3 is 5.11 Å². The molecule has 4 nitrogen and oxygen atoms in total. The van der Waals surface area contributed by atoms with Gasteiger partial charge in [0.2, 0.25) is 0 Å². The normalized spacial score (nSPS) is 23.3. The summed E-state index contributed by atoms with van der Waals surface area (Å²) in [6, 6.07) is 6.73. The lowest BCUT2D eigenvalue weighted by molar-refractivity contribution is 0.0615. The van der Waals surface area contributed by atoms with Gasteiger partial charge in [0.25, 0.3) is 0 Å². The molecule has 1 heterocycles. The van der Waals surface area contributed by atoms with E-state index in [-0.39, 0.29) is 18.1 Å². The number of halogens is 2.